The van der Waals surface area contributed by atoms with E-state index in [1.165, 1.54) is 4.57 Å². The lowest BCUT2D eigenvalue weighted by atomic mass is 10.0. The maximum absolute atomic E-state index is 13.1. The second-order valence-corrected chi connectivity index (χ2v) is 16.2. The van der Waals surface area contributed by atoms with Crippen molar-refractivity contribution in [3.05, 3.63) is 52.6 Å². The molecule has 1 aromatic carbocycles. The standard InChI is InChI=1S/C37H56N8O7/c1-24(38-26-12-13-27(23-26)39-33(49)51-35(2,3)4)22-25-10-14-28(15-11-25)45-17-16-29(41-32(45)48)40-31(47)44-20-18-43(19-21-44)30(46)37(8,9)42-34(50)52-36(5,6)7/h10-11,14-17,24,26-27,38H,12-13,18-23H2,1-9H3,(H,39,49)(H,42,50)(H,40,41,47,48)/t24?,26-,27+/m0/s1. The summed E-state index contributed by atoms with van der Waals surface area (Å²) in [5.74, 6) is -0.157. The van der Waals surface area contributed by atoms with E-state index >= 15 is 0 Å². The fourth-order valence-electron chi connectivity index (χ4n) is 6.32. The second-order valence-electron chi connectivity index (χ2n) is 16.2. The van der Waals surface area contributed by atoms with Gasteiger partial charge >= 0.3 is 23.9 Å². The minimum atomic E-state index is -1.19. The fourth-order valence-corrected chi connectivity index (χ4v) is 6.32. The van der Waals surface area contributed by atoms with Crippen LogP contribution >= 0.6 is 0 Å². The average molecular weight is 725 g/mol. The Morgan fingerprint density at radius 1 is 0.827 bits per heavy atom. The summed E-state index contributed by atoms with van der Waals surface area (Å²) >= 11 is 0. The number of anilines is 1. The number of nitrogens with one attached hydrogen (secondary N) is 4. The zero-order chi connectivity index (χ0) is 38.4. The molecule has 5 amide bonds. The Hall–Kier alpha value is -4.66. The van der Waals surface area contributed by atoms with Gasteiger partial charge in [-0.2, -0.15) is 4.98 Å². The van der Waals surface area contributed by atoms with Crippen molar-refractivity contribution < 1.29 is 28.7 Å². The number of ether oxygens (including phenoxy) is 2. The molecular weight excluding hydrogens is 668 g/mol. The number of nitrogens with zero attached hydrogens (tertiary/aromatic N) is 4. The molecule has 4 N–H and O–H groups in total. The number of hydrogen-bond acceptors (Lipinski definition) is 9. The molecular formula is C37H56N8O7. The molecule has 1 saturated carbocycles. The van der Waals surface area contributed by atoms with E-state index in [1.54, 1.807) is 56.7 Å². The number of amides is 5. The van der Waals surface area contributed by atoms with E-state index in [1.807, 2.05) is 45.0 Å². The molecule has 52 heavy (non-hydrogen) atoms. The Kier molecular flexibility index (Phi) is 12.6. The molecule has 15 heteroatoms. The summed E-state index contributed by atoms with van der Waals surface area (Å²) in [5, 5.41) is 12.0. The Morgan fingerprint density at radius 3 is 2.00 bits per heavy atom. The highest BCUT2D eigenvalue weighted by molar-refractivity contribution is 5.90. The van der Waals surface area contributed by atoms with Crippen LogP contribution in [0, 0.1) is 0 Å². The lowest BCUT2D eigenvalue weighted by molar-refractivity contribution is -0.138. The molecule has 0 radical (unpaired) electrons. The summed E-state index contributed by atoms with van der Waals surface area (Å²) in [6, 6.07) is 9.44. The summed E-state index contributed by atoms with van der Waals surface area (Å²) in [4.78, 5) is 70.7. The van der Waals surface area contributed by atoms with Gasteiger partial charge in [0.2, 0.25) is 5.91 Å². The smallest absolute Gasteiger partial charge is 0.408 e. The molecule has 2 aromatic rings. The lowest BCUT2D eigenvalue weighted by Crippen LogP contribution is -2.60. The quantitative estimate of drug-likeness (QED) is 0.296. The molecule has 1 unspecified atom stereocenters. The molecule has 4 rings (SSSR count). The van der Waals surface area contributed by atoms with Crippen molar-refractivity contribution in [1.82, 2.24) is 35.3 Å². The van der Waals surface area contributed by atoms with Crippen molar-refractivity contribution in [3.63, 3.8) is 0 Å². The van der Waals surface area contributed by atoms with Crippen LogP contribution in [0.5, 0.6) is 0 Å². The molecule has 2 heterocycles. The fraction of sp³-hybridized carbons (Fsp3) is 0.622. The number of rotatable bonds is 9. The summed E-state index contributed by atoms with van der Waals surface area (Å²) in [6.07, 6.45) is 4.03. The monoisotopic (exact) mass is 724 g/mol. The Balaban J connectivity index is 1.23. The normalized spacial score (nSPS) is 18.7. The van der Waals surface area contributed by atoms with E-state index in [4.69, 9.17) is 9.47 Å². The van der Waals surface area contributed by atoms with Gasteiger partial charge in [-0.1, -0.05) is 12.1 Å². The Morgan fingerprint density at radius 2 is 1.40 bits per heavy atom. The molecule has 1 aromatic heterocycles. The van der Waals surface area contributed by atoms with Gasteiger partial charge in [0.05, 0.1) is 5.69 Å². The first-order valence-electron chi connectivity index (χ1n) is 18.0. The molecule has 1 aliphatic heterocycles. The van der Waals surface area contributed by atoms with Crippen molar-refractivity contribution in [2.75, 3.05) is 31.5 Å². The number of benzene rings is 1. The van der Waals surface area contributed by atoms with E-state index < -0.39 is 34.6 Å². The van der Waals surface area contributed by atoms with Crippen molar-refractivity contribution in [1.29, 1.82) is 0 Å². The molecule has 1 aliphatic carbocycles. The third-order valence-corrected chi connectivity index (χ3v) is 8.67. The highest BCUT2D eigenvalue weighted by atomic mass is 16.6. The van der Waals surface area contributed by atoms with Gasteiger partial charge in [-0.25, -0.2) is 19.2 Å². The Labute approximate surface area is 306 Å². The number of urea groups is 1. The van der Waals surface area contributed by atoms with Gasteiger partial charge in [0.25, 0.3) is 0 Å². The first-order chi connectivity index (χ1) is 24.2. The topological polar surface area (TPSA) is 176 Å². The Bertz CT molecular complexity index is 1640. The van der Waals surface area contributed by atoms with Crippen LogP contribution in [0.15, 0.2) is 41.3 Å². The van der Waals surface area contributed by atoms with Crippen molar-refractivity contribution in [2.24, 2.45) is 0 Å². The maximum atomic E-state index is 13.1. The van der Waals surface area contributed by atoms with Crippen LogP contribution in [0.4, 0.5) is 20.2 Å². The third kappa shape index (κ3) is 12.0. The van der Waals surface area contributed by atoms with Crippen LogP contribution in [-0.2, 0) is 20.7 Å². The van der Waals surface area contributed by atoms with Gasteiger partial charge < -0.3 is 35.2 Å². The van der Waals surface area contributed by atoms with E-state index in [0.717, 1.165) is 31.2 Å². The third-order valence-electron chi connectivity index (χ3n) is 8.67. The van der Waals surface area contributed by atoms with E-state index in [9.17, 15) is 24.0 Å². The van der Waals surface area contributed by atoms with Gasteiger partial charge in [-0.3, -0.25) is 14.7 Å². The zero-order valence-electron chi connectivity index (χ0n) is 32.0. The summed E-state index contributed by atoms with van der Waals surface area (Å²) in [5.41, 5.74) is -1.19. The van der Waals surface area contributed by atoms with Crippen LogP contribution in [-0.4, -0.2) is 105 Å². The first-order valence-corrected chi connectivity index (χ1v) is 18.0. The summed E-state index contributed by atoms with van der Waals surface area (Å²) < 4.78 is 12.1. The SMILES string of the molecule is CC(Cc1ccc(-n2ccc(NC(=O)N3CCN(C(=O)C(C)(C)NC(=O)OC(C)(C)C)CC3)nc2=O)cc1)N[C@H]1CC[C@@H](NC(=O)OC(C)(C)C)C1. The molecule has 0 spiro atoms. The molecule has 2 fully saturated rings. The highest BCUT2D eigenvalue weighted by Gasteiger charge is 2.37. The molecule has 15 nitrogen and oxygen atoms in total. The van der Waals surface area contributed by atoms with E-state index in [-0.39, 0.29) is 56.1 Å². The average Bonchev–Trinajstić information content (AvgIpc) is 3.45. The number of carbonyl (C=O) groups is 4. The van der Waals surface area contributed by atoms with E-state index in [0.29, 0.717) is 11.7 Å². The summed E-state index contributed by atoms with van der Waals surface area (Å²) in [6.45, 7) is 17.2. The van der Waals surface area contributed by atoms with Gasteiger partial charge in [0.1, 0.15) is 22.6 Å². The number of piperazine rings is 1. The predicted molar refractivity (Wildman–Crippen MR) is 198 cm³/mol. The minimum Gasteiger partial charge on any atom is -0.444 e. The minimum absolute atomic E-state index is 0.0912. The zero-order valence-corrected chi connectivity index (χ0v) is 32.0. The maximum Gasteiger partial charge on any atom is 0.408 e. The number of aromatic nitrogens is 2. The molecule has 3 atom stereocenters. The van der Waals surface area contributed by atoms with Crippen LogP contribution in [0.2, 0.25) is 0 Å². The summed E-state index contributed by atoms with van der Waals surface area (Å²) in [7, 11) is 0. The van der Waals surface area contributed by atoms with Gasteiger partial charge in [0, 0.05) is 50.5 Å². The van der Waals surface area contributed by atoms with Gasteiger partial charge in [-0.05, 0) is 112 Å². The van der Waals surface area contributed by atoms with E-state index in [2.05, 4.69) is 33.2 Å². The molecule has 286 valence electrons. The first kappa shape index (κ1) is 40.1. The number of carbonyl (C=O) groups excluding carboxylic acids is 4. The molecule has 1 saturated heterocycles. The van der Waals surface area contributed by atoms with Gasteiger partial charge in [-0.15, -0.1) is 0 Å². The predicted octanol–water partition coefficient (Wildman–Crippen LogP) is 4.18. The van der Waals surface area contributed by atoms with Crippen LogP contribution in [0.25, 0.3) is 5.69 Å². The second kappa shape index (κ2) is 16.3. The van der Waals surface area contributed by atoms with Crippen molar-refractivity contribution in [2.45, 2.75) is 123 Å². The largest absolute Gasteiger partial charge is 0.444 e. The molecule has 0 bridgehead atoms. The van der Waals surface area contributed by atoms with Crippen molar-refractivity contribution in [3.8, 4) is 5.69 Å². The van der Waals surface area contributed by atoms with Crippen molar-refractivity contribution >= 4 is 29.9 Å². The number of hydrogen-bond donors (Lipinski definition) is 4. The molecule has 2 aliphatic rings. The van der Waals surface area contributed by atoms with Crippen LogP contribution in [0.1, 0.15) is 87.1 Å². The lowest BCUT2D eigenvalue weighted by Gasteiger charge is -2.38. The van der Waals surface area contributed by atoms with Crippen LogP contribution < -0.4 is 27.0 Å². The van der Waals surface area contributed by atoms with Crippen LogP contribution in [0.3, 0.4) is 0 Å². The highest BCUT2D eigenvalue weighted by Crippen LogP contribution is 2.21. The van der Waals surface area contributed by atoms with Gasteiger partial charge in [0.15, 0.2) is 0 Å². The number of alkyl carbamates (subject to hydrolysis) is 2.